The second-order valence-corrected chi connectivity index (χ2v) is 4.72. The summed E-state index contributed by atoms with van der Waals surface area (Å²) in [5.74, 6) is -0.000694. The number of hydrogen-bond donors (Lipinski definition) is 2. The van der Waals surface area contributed by atoms with Gasteiger partial charge < -0.3 is 11.1 Å². The highest BCUT2D eigenvalue weighted by Gasteiger charge is 2.40. The van der Waals surface area contributed by atoms with Gasteiger partial charge in [-0.15, -0.1) is 22.6 Å². The van der Waals surface area contributed by atoms with Crippen molar-refractivity contribution in [3.63, 3.8) is 0 Å². The van der Waals surface area contributed by atoms with Gasteiger partial charge in [0, 0.05) is 6.54 Å². The Bertz CT molecular complexity index is 337. The van der Waals surface area contributed by atoms with E-state index in [1.165, 1.54) is 11.3 Å². The number of anilines is 1. The highest BCUT2D eigenvalue weighted by molar-refractivity contribution is 7.13. The van der Waals surface area contributed by atoms with Crippen LogP contribution in [0.25, 0.3) is 0 Å². The van der Waals surface area contributed by atoms with Crippen LogP contribution < -0.4 is 11.1 Å². The fourth-order valence-electron chi connectivity index (χ4n) is 2.03. The summed E-state index contributed by atoms with van der Waals surface area (Å²) in [6, 6.07) is 0. The number of carbonyl (C=O) groups excluding carboxylic acids is 1. The fourth-order valence-corrected chi connectivity index (χ4v) is 2.47. The smallest absolute Gasteiger partial charge is 0.233 e. The zero-order chi connectivity index (χ0) is 10.7. The molecule has 16 heavy (non-hydrogen) atoms. The van der Waals surface area contributed by atoms with Crippen molar-refractivity contribution in [1.29, 1.82) is 0 Å². The Hall–Kier alpha value is -0.720. The Labute approximate surface area is 104 Å². The molecule has 0 radical (unpaired) electrons. The molecule has 0 unspecified atom stereocenters. The van der Waals surface area contributed by atoms with Crippen LogP contribution in [0.15, 0.2) is 5.51 Å². The molecule has 1 aromatic rings. The van der Waals surface area contributed by atoms with E-state index in [1.54, 1.807) is 5.51 Å². The molecule has 0 aromatic carbocycles. The standard InChI is InChI=1S/C9H14N4OS.ClH/c10-5-9(3-1-2-4-9)7(14)12-8-13-11-6-15-8;/h6H,1-5,10H2,(H,12,13,14);1H. The van der Waals surface area contributed by atoms with E-state index in [0.29, 0.717) is 11.7 Å². The number of rotatable bonds is 3. The highest BCUT2D eigenvalue weighted by Crippen LogP contribution is 2.38. The first-order valence-electron chi connectivity index (χ1n) is 5.04. The maximum atomic E-state index is 12.0. The van der Waals surface area contributed by atoms with Gasteiger partial charge >= 0.3 is 0 Å². The number of hydrogen-bond acceptors (Lipinski definition) is 5. The van der Waals surface area contributed by atoms with Gasteiger partial charge in [0.25, 0.3) is 0 Å². The van der Waals surface area contributed by atoms with Crippen molar-refractivity contribution >= 4 is 34.8 Å². The van der Waals surface area contributed by atoms with Crippen molar-refractivity contribution in [1.82, 2.24) is 10.2 Å². The zero-order valence-electron chi connectivity index (χ0n) is 8.81. The molecule has 0 spiro atoms. The van der Waals surface area contributed by atoms with Crippen molar-refractivity contribution in [2.24, 2.45) is 11.1 Å². The van der Waals surface area contributed by atoms with E-state index < -0.39 is 0 Å². The van der Waals surface area contributed by atoms with E-state index in [0.717, 1.165) is 25.7 Å². The molecule has 0 atom stereocenters. The van der Waals surface area contributed by atoms with Crippen LogP contribution >= 0.6 is 23.7 Å². The Balaban J connectivity index is 0.00000128. The molecule has 1 aromatic heterocycles. The monoisotopic (exact) mass is 262 g/mol. The van der Waals surface area contributed by atoms with E-state index in [4.69, 9.17) is 5.73 Å². The number of amides is 1. The minimum Gasteiger partial charge on any atom is -0.329 e. The third kappa shape index (κ3) is 2.50. The lowest BCUT2D eigenvalue weighted by Crippen LogP contribution is -2.40. The average molecular weight is 263 g/mol. The number of carbonyl (C=O) groups is 1. The van der Waals surface area contributed by atoms with Crippen LogP contribution in [0.1, 0.15) is 25.7 Å². The lowest BCUT2D eigenvalue weighted by Gasteiger charge is -2.24. The van der Waals surface area contributed by atoms with Gasteiger partial charge in [0.15, 0.2) is 0 Å². The fraction of sp³-hybridized carbons (Fsp3) is 0.667. The molecule has 0 saturated heterocycles. The molecule has 5 nitrogen and oxygen atoms in total. The topological polar surface area (TPSA) is 80.9 Å². The van der Waals surface area contributed by atoms with Gasteiger partial charge in [-0.25, -0.2) is 0 Å². The summed E-state index contributed by atoms with van der Waals surface area (Å²) in [4.78, 5) is 12.0. The van der Waals surface area contributed by atoms with Crippen LogP contribution in [-0.4, -0.2) is 22.6 Å². The van der Waals surface area contributed by atoms with Crippen LogP contribution in [0.3, 0.4) is 0 Å². The third-order valence-electron chi connectivity index (χ3n) is 3.01. The predicted octanol–water partition coefficient (Wildman–Crippen LogP) is 1.42. The maximum absolute atomic E-state index is 12.0. The van der Waals surface area contributed by atoms with Gasteiger partial charge in [-0.1, -0.05) is 24.2 Å². The largest absolute Gasteiger partial charge is 0.329 e. The second-order valence-electron chi connectivity index (χ2n) is 3.89. The van der Waals surface area contributed by atoms with Gasteiger partial charge in [-0.2, -0.15) is 0 Å². The molecule has 2 rings (SSSR count). The summed E-state index contributed by atoms with van der Waals surface area (Å²) >= 11 is 1.32. The first-order valence-corrected chi connectivity index (χ1v) is 5.92. The van der Waals surface area contributed by atoms with Gasteiger partial charge in [-0.05, 0) is 12.8 Å². The summed E-state index contributed by atoms with van der Waals surface area (Å²) in [6.07, 6.45) is 3.93. The number of nitrogens with two attached hydrogens (primary N) is 1. The zero-order valence-corrected chi connectivity index (χ0v) is 10.4. The van der Waals surface area contributed by atoms with Crippen LogP contribution in [0.2, 0.25) is 0 Å². The molecule has 0 aliphatic heterocycles. The average Bonchev–Trinajstić information content (AvgIpc) is 2.87. The second kappa shape index (κ2) is 5.56. The lowest BCUT2D eigenvalue weighted by molar-refractivity contribution is -0.124. The summed E-state index contributed by atoms with van der Waals surface area (Å²) in [5.41, 5.74) is 6.93. The van der Waals surface area contributed by atoms with Gasteiger partial charge in [0.1, 0.15) is 5.51 Å². The van der Waals surface area contributed by atoms with Crippen molar-refractivity contribution < 1.29 is 4.79 Å². The minimum absolute atomic E-state index is 0. The van der Waals surface area contributed by atoms with Crippen LogP contribution in [0.5, 0.6) is 0 Å². The minimum atomic E-state index is -0.369. The highest BCUT2D eigenvalue weighted by atomic mass is 35.5. The maximum Gasteiger partial charge on any atom is 0.233 e. The molecule has 1 aliphatic carbocycles. The predicted molar refractivity (Wildman–Crippen MR) is 65.7 cm³/mol. The summed E-state index contributed by atoms with van der Waals surface area (Å²) in [7, 11) is 0. The number of nitrogens with zero attached hydrogens (tertiary/aromatic N) is 2. The van der Waals surface area contributed by atoms with Crippen LogP contribution in [0.4, 0.5) is 5.13 Å². The van der Waals surface area contributed by atoms with E-state index >= 15 is 0 Å². The molecule has 3 N–H and O–H groups in total. The van der Waals surface area contributed by atoms with Gasteiger partial charge in [-0.3, -0.25) is 4.79 Å². The summed E-state index contributed by atoms with van der Waals surface area (Å²) < 4.78 is 0. The molecule has 1 aliphatic rings. The molecule has 0 bridgehead atoms. The van der Waals surface area contributed by atoms with Crippen molar-refractivity contribution in [2.75, 3.05) is 11.9 Å². The molecule has 90 valence electrons. The van der Waals surface area contributed by atoms with Crippen molar-refractivity contribution in [3.05, 3.63) is 5.51 Å². The Morgan fingerprint density at radius 3 is 2.75 bits per heavy atom. The van der Waals surface area contributed by atoms with Crippen LogP contribution in [-0.2, 0) is 4.79 Å². The Morgan fingerprint density at radius 1 is 1.56 bits per heavy atom. The number of aromatic nitrogens is 2. The lowest BCUT2D eigenvalue weighted by atomic mass is 9.85. The molecular weight excluding hydrogens is 248 g/mol. The number of halogens is 1. The van der Waals surface area contributed by atoms with Gasteiger partial charge in [0.05, 0.1) is 5.41 Å². The van der Waals surface area contributed by atoms with Crippen LogP contribution in [0, 0.1) is 5.41 Å². The summed E-state index contributed by atoms with van der Waals surface area (Å²) in [6.45, 7) is 0.414. The molecule has 7 heteroatoms. The quantitative estimate of drug-likeness (QED) is 0.863. The van der Waals surface area contributed by atoms with Crippen molar-refractivity contribution in [2.45, 2.75) is 25.7 Å². The normalized spacial score (nSPS) is 17.8. The van der Waals surface area contributed by atoms with E-state index in [-0.39, 0.29) is 23.7 Å². The van der Waals surface area contributed by atoms with E-state index in [9.17, 15) is 4.79 Å². The van der Waals surface area contributed by atoms with Crippen molar-refractivity contribution in [3.8, 4) is 0 Å². The molecular formula is C9H15ClN4OS. The third-order valence-corrected chi connectivity index (χ3v) is 3.62. The number of nitrogens with one attached hydrogen (secondary N) is 1. The molecule has 1 saturated carbocycles. The SMILES string of the molecule is Cl.NCC1(C(=O)Nc2nncs2)CCCC1. The molecule has 1 fully saturated rings. The first kappa shape index (κ1) is 13.3. The first-order chi connectivity index (χ1) is 7.27. The van der Waals surface area contributed by atoms with E-state index in [2.05, 4.69) is 15.5 Å². The van der Waals surface area contributed by atoms with E-state index in [1.807, 2.05) is 0 Å². The molecule has 1 heterocycles. The summed E-state index contributed by atoms with van der Waals surface area (Å²) in [5, 5.41) is 10.8. The molecule has 1 amide bonds. The Kier molecular flexibility index (Phi) is 4.64. The Morgan fingerprint density at radius 2 is 2.25 bits per heavy atom. The van der Waals surface area contributed by atoms with Gasteiger partial charge in [0.2, 0.25) is 11.0 Å².